The Hall–Kier alpha value is -3.28. The highest BCUT2D eigenvalue weighted by atomic mass is 16.5. The number of nitrogens with zero attached hydrogens (tertiary/aromatic N) is 1. The van der Waals surface area contributed by atoms with E-state index in [9.17, 15) is 9.59 Å². The molecule has 0 saturated carbocycles. The number of hydrogen-bond acceptors (Lipinski definition) is 4. The Balaban J connectivity index is 1.44. The predicted molar refractivity (Wildman–Crippen MR) is 122 cm³/mol. The number of hydrogen-bond donors (Lipinski definition) is 1. The van der Waals surface area contributed by atoms with Crippen molar-refractivity contribution in [1.82, 2.24) is 4.57 Å². The Kier molecular flexibility index (Phi) is 8.10. The number of Topliss-reactive ketones (excluding diaryl/α,β-unsaturated/α-hetero) is 1. The number of aromatic nitrogens is 1. The van der Waals surface area contributed by atoms with Gasteiger partial charge < -0.3 is 19.8 Å². The van der Waals surface area contributed by atoms with Crippen LogP contribution in [0.2, 0.25) is 0 Å². The smallest absolute Gasteiger partial charge is 0.248 e. The average Bonchev–Trinajstić information content (AvgIpc) is 3.17. The zero-order chi connectivity index (χ0) is 22.1. The van der Waals surface area contributed by atoms with E-state index in [1.54, 1.807) is 18.2 Å². The summed E-state index contributed by atoms with van der Waals surface area (Å²) in [4.78, 5) is 23.7. The van der Waals surface area contributed by atoms with Crippen molar-refractivity contribution in [1.29, 1.82) is 0 Å². The van der Waals surface area contributed by atoms with Gasteiger partial charge in [-0.2, -0.15) is 0 Å². The molecule has 6 heteroatoms. The van der Waals surface area contributed by atoms with Gasteiger partial charge in [0, 0.05) is 22.7 Å². The first-order valence-corrected chi connectivity index (χ1v) is 10.8. The second kappa shape index (κ2) is 11.2. The van der Waals surface area contributed by atoms with Crippen LogP contribution < -0.4 is 15.2 Å². The number of fused-ring (bicyclic) bond motifs is 1. The number of unbranched alkanes of at least 4 members (excludes halogenated alkanes) is 4. The van der Waals surface area contributed by atoms with Crippen LogP contribution in [0.5, 0.6) is 11.5 Å². The molecule has 0 fully saturated rings. The topological polar surface area (TPSA) is 83.6 Å². The van der Waals surface area contributed by atoms with Gasteiger partial charge in [-0.25, -0.2) is 0 Å². The summed E-state index contributed by atoms with van der Waals surface area (Å²) in [5.74, 6) is 0.918. The second-order valence-corrected chi connectivity index (χ2v) is 7.64. The number of rotatable bonds is 13. The van der Waals surface area contributed by atoms with Gasteiger partial charge >= 0.3 is 0 Å². The molecule has 164 valence electrons. The molecule has 0 bridgehead atoms. The number of carbonyl (C=O) groups excluding carboxylic acids is 2. The Bertz CT molecular complexity index is 1010. The van der Waals surface area contributed by atoms with Crippen LogP contribution in [0.4, 0.5) is 0 Å². The highest BCUT2D eigenvalue weighted by Crippen LogP contribution is 2.19. The van der Waals surface area contributed by atoms with Crippen molar-refractivity contribution in [2.45, 2.75) is 45.6 Å². The first-order valence-electron chi connectivity index (χ1n) is 10.8. The maximum Gasteiger partial charge on any atom is 0.248 e. The molecule has 2 aromatic carbocycles. The van der Waals surface area contributed by atoms with Crippen molar-refractivity contribution >= 4 is 22.6 Å². The summed E-state index contributed by atoms with van der Waals surface area (Å²) in [6.07, 6.45) is 7.85. The molecule has 6 nitrogen and oxygen atoms in total. The number of ether oxygens (including phenoxy) is 2. The highest BCUT2D eigenvalue weighted by molar-refractivity contribution is 5.97. The van der Waals surface area contributed by atoms with Gasteiger partial charge in [0.1, 0.15) is 18.1 Å². The van der Waals surface area contributed by atoms with E-state index >= 15 is 0 Å². The quantitative estimate of drug-likeness (QED) is 0.403. The van der Waals surface area contributed by atoms with Gasteiger partial charge in [-0.05, 0) is 55.0 Å². The summed E-state index contributed by atoms with van der Waals surface area (Å²) in [7, 11) is 0. The molecule has 1 aromatic heterocycles. The number of amides is 1. The molecule has 3 rings (SSSR count). The number of carbonyl (C=O) groups is 2. The lowest BCUT2D eigenvalue weighted by atomic mass is 10.1. The molecule has 2 N–H and O–H groups in total. The molecule has 31 heavy (non-hydrogen) atoms. The lowest BCUT2D eigenvalue weighted by Gasteiger charge is -2.09. The summed E-state index contributed by atoms with van der Waals surface area (Å²) >= 11 is 0. The van der Waals surface area contributed by atoms with E-state index in [1.807, 2.05) is 41.1 Å². The van der Waals surface area contributed by atoms with Crippen LogP contribution in [0.15, 0.2) is 54.7 Å². The number of benzene rings is 2. The maximum absolute atomic E-state index is 12.4. The van der Waals surface area contributed by atoms with Gasteiger partial charge in [0.05, 0.1) is 13.2 Å². The van der Waals surface area contributed by atoms with Crippen LogP contribution in [0.3, 0.4) is 0 Å². The van der Waals surface area contributed by atoms with Crippen LogP contribution >= 0.6 is 0 Å². The second-order valence-electron chi connectivity index (χ2n) is 7.64. The van der Waals surface area contributed by atoms with E-state index in [-0.39, 0.29) is 18.9 Å². The number of primary amides is 1. The Labute approximate surface area is 182 Å². The van der Waals surface area contributed by atoms with E-state index in [2.05, 4.69) is 6.92 Å². The van der Waals surface area contributed by atoms with Crippen LogP contribution in [-0.2, 0) is 11.3 Å². The Morgan fingerprint density at radius 2 is 1.61 bits per heavy atom. The summed E-state index contributed by atoms with van der Waals surface area (Å²) in [5, 5.41) is 0.867. The molecular formula is C25H30N2O4. The summed E-state index contributed by atoms with van der Waals surface area (Å²) < 4.78 is 13.2. The van der Waals surface area contributed by atoms with Crippen molar-refractivity contribution in [2.24, 2.45) is 5.73 Å². The van der Waals surface area contributed by atoms with Gasteiger partial charge in [-0.3, -0.25) is 9.59 Å². The molecule has 0 aliphatic carbocycles. The normalized spacial score (nSPS) is 10.9. The summed E-state index contributed by atoms with van der Waals surface area (Å²) in [5.41, 5.74) is 6.64. The van der Waals surface area contributed by atoms with Crippen molar-refractivity contribution in [3.05, 3.63) is 60.3 Å². The molecule has 0 saturated heterocycles. The van der Waals surface area contributed by atoms with Crippen molar-refractivity contribution < 1.29 is 19.1 Å². The van der Waals surface area contributed by atoms with E-state index in [0.717, 1.165) is 23.1 Å². The van der Waals surface area contributed by atoms with E-state index in [4.69, 9.17) is 15.2 Å². The largest absolute Gasteiger partial charge is 0.494 e. The monoisotopic (exact) mass is 422 g/mol. The number of ketones is 1. The molecule has 1 amide bonds. The fraction of sp³-hybridized carbons (Fsp3) is 0.360. The fourth-order valence-electron chi connectivity index (χ4n) is 3.42. The third-order valence-corrected chi connectivity index (χ3v) is 5.14. The average molecular weight is 423 g/mol. The van der Waals surface area contributed by atoms with Crippen LogP contribution in [-0.4, -0.2) is 29.5 Å². The minimum absolute atomic E-state index is 0.0172. The molecule has 1 heterocycles. The van der Waals surface area contributed by atoms with Gasteiger partial charge in [-0.1, -0.05) is 32.6 Å². The first kappa shape index (κ1) is 22.4. The van der Waals surface area contributed by atoms with Crippen molar-refractivity contribution in [2.75, 3.05) is 13.2 Å². The predicted octanol–water partition coefficient (Wildman–Crippen LogP) is 4.74. The molecule has 0 atom stereocenters. The van der Waals surface area contributed by atoms with Crippen molar-refractivity contribution in [3.63, 3.8) is 0 Å². The van der Waals surface area contributed by atoms with Crippen LogP contribution in [0, 0.1) is 0 Å². The molecule has 0 spiro atoms. The zero-order valence-electron chi connectivity index (χ0n) is 18.0. The third-order valence-electron chi connectivity index (χ3n) is 5.14. The maximum atomic E-state index is 12.4. The Morgan fingerprint density at radius 3 is 2.32 bits per heavy atom. The van der Waals surface area contributed by atoms with Crippen LogP contribution in [0.25, 0.3) is 10.9 Å². The van der Waals surface area contributed by atoms with E-state index in [0.29, 0.717) is 17.9 Å². The molecule has 0 radical (unpaired) electrons. The van der Waals surface area contributed by atoms with Gasteiger partial charge in [-0.15, -0.1) is 0 Å². The first-order chi connectivity index (χ1) is 15.1. The highest BCUT2D eigenvalue weighted by Gasteiger charge is 2.09. The minimum atomic E-state index is -0.470. The fourth-order valence-corrected chi connectivity index (χ4v) is 3.42. The third kappa shape index (κ3) is 6.60. The van der Waals surface area contributed by atoms with E-state index < -0.39 is 5.91 Å². The van der Waals surface area contributed by atoms with Gasteiger partial charge in [0.15, 0.2) is 5.78 Å². The standard InChI is InChI=1S/C25H30N2O4/c1-2-3-4-5-6-15-30-22-8-10-23(11-9-22)31-18-21(28)17-27-14-13-19-16-20(25(26)29)7-12-24(19)27/h7-14,16H,2-6,15,17-18H2,1H3,(H2,26,29). The minimum Gasteiger partial charge on any atom is -0.494 e. The van der Waals surface area contributed by atoms with Crippen LogP contribution in [0.1, 0.15) is 49.4 Å². The molecule has 0 unspecified atom stereocenters. The number of nitrogens with two attached hydrogens (primary N) is 1. The lowest BCUT2D eigenvalue weighted by molar-refractivity contribution is -0.121. The zero-order valence-corrected chi connectivity index (χ0v) is 18.0. The lowest BCUT2D eigenvalue weighted by Crippen LogP contribution is -2.17. The molecular weight excluding hydrogens is 392 g/mol. The SMILES string of the molecule is CCCCCCCOc1ccc(OCC(=O)Cn2ccc3cc(C(N)=O)ccc32)cc1. The Morgan fingerprint density at radius 1 is 0.903 bits per heavy atom. The molecule has 3 aromatic rings. The van der Waals surface area contributed by atoms with Crippen molar-refractivity contribution in [3.8, 4) is 11.5 Å². The molecule has 0 aliphatic heterocycles. The van der Waals surface area contributed by atoms with Gasteiger partial charge in [0.25, 0.3) is 0 Å². The van der Waals surface area contributed by atoms with E-state index in [1.165, 1.54) is 25.7 Å². The summed E-state index contributed by atoms with van der Waals surface area (Å²) in [6, 6.07) is 14.4. The van der Waals surface area contributed by atoms with Gasteiger partial charge in [0.2, 0.25) is 5.91 Å². The summed E-state index contributed by atoms with van der Waals surface area (Å²) in [6.45, 7) is 3.10. The molecule has 0 aliphatic rings.